The van der Waals surface area contributed by atoms with E-state index >= 15 is 0 Å². The lowest BCUT2D eigenvalue weighted by molar-refractivity contribution is -0.121. The number of anilines is 2. The second kappa shape index (κ2) is 6.00. The highest BCUT2D eigenvalue weighted by Gasteiger charge is 2.39. The average Bonchev–Trinajstić information content (AvgIpc) is 2.83. The molecule has 1 saturated heterocycles. The maximum atomic E-state index is 12.5. The van der Waals surface area contributed by atoms with Crippen molar-refractivity contribution in [3.63, 3.8) is 0 Å². The van der Waals surface area contributed by atoms with E-state index < -0.39 is 6.04 Å². The number of hydrogen-bond donors (Lipinski definition) is 2. The number of nitrogens with zero attached hydrogens (tertiary/aromatic N) is 1. The molecule has 1 unspecified atom stereocenters. The molecule has 1 fully saturated rings. The molecule has 0 aliphatic carbocycles. The molecule has 0 spiro atoms. The van der Waals surface area contributed by atoms with Crippen molar-refractivity contribution < 1.29 is 19.4 Å². The summed E-state index contributed by atoms with van der Waals surface area (Å²) in [5.74, 6) is 0.221. The third kappa shape index (κ3) is 2.96. The number of benzene rings is 2. The van der Waals surface area contributed by atoms with E-state index in [4.69, 9.17) is 4.74 Å². The Morgan fingerprint density at radius 1 is 1.09 bits per heavy atom. The minimum atomic E-state index is -0.607. The zero-order chi connectivity index (χ0) is 16.4. The fraction of sp³-hybridized carbons (Fsp3) is 0.176. The van der Waals surface area contributed by atoms with Gasteiger partial charge >= 0.3 is 0 Å². The number of nitrogens with one attached hydrogen (secondary N) is 1. The Labute approximate surface area is 133 Å². The first-order valence-corrected chi connectivity index (χ1v) is 7.15. The number of aromatic hydroxyl groups is 1. The second-order valence-electron chi connectivity index (χ2n) is 5.21. The van der Waals surface area contributed by atoms with Crippen molar-refractivity contribution in [1.82, 2.24) is 0 Å². The number of hydrogen-bond acceptors (Lipinski definition) is 5. The van der Waals surface area contributed by atoms with Gasteiger partial charge in [-0.2, -0.15) is 0 Å². The van der Waals surface area contributed by atoms with Crippen molar-refractivity contribution in [2.24, 2.45) is 0 Å². The van der Waals surface area contributed by atoms with Crippen molar-refractivity contribution >= 4 is 23.2 Å². The summed E-state index contributed by atoms with van der Waals surface area (Å²) < 4.78 is 5.08. The number of rotatable bonds is 4. The van der Waals surface area contributed by atoms with Crippen molar-refractivity contribution in [2.75, 3.05) is 17.3 Å². The molecule has 6 nitrogen and oxygen atoms in total. The quantitative estimate of drug-likeness (QED) is 0.846. The predicted molar refractivity (Wildman–Crippen MR) is 85.6 cm³/mol. The summed E-state index contributed by atoms with van der Waals surface area (Å²) in [7, 11) is 1.58. The second-order valence-corrected chi connectivity index (χ2v) is 5.21. The molecule has 2 aromatic carbocycles. The summed E-state index contributed by atoms with van der Waals surface area (Å²) in [4.78, 5) is 25.8. The van der Waals surface area contributed by atoms with Crippen LogP contribution in [-0.2, 0) is 9.59 Å². The van der Waals surface area contributed by atoms with E-state index in [1.807, 2.05) is 0 Å². The van der Waals surface area contributed by atoms with Crippen LogP contribution in [0.25, 0.3) is 0 Å². The van der Waals surface area contributed by atoms with E-state index in [0.29, 0.717) is 5.69 Å². The number of carbonyl (C=O) groups is 2. The van der Waals surface area contributed by atoms with E-state index in [2.05, 4.69) is 5.32 Å². The van der Waals surface area contributed by atoms with Crippen LogP contribution in [0.5, 0.6) is 11.5 Å². The van der Waals surface area contributed by atoms with Gasteiger partial charge in [-0.15, -0.1) is 0 Å². The molecule has 0 saturated carbocycles. The molecule has 23 heavy (non-hydrogen) atoms. The molecule has 1 aliphatic rings. The molecule has 1 aliphatic heterocycles. The monoisotopic (exact) mass is 312 g/mol. The van der Waals surface area contributed by atoms with Crippen LogP contribution in [0, 0.1) is 0 Å². The molecule has 2 N–H and O–H groups in total. The first-order valence-electron chi connectivity index (χ1n) is 7.15. The summed E-state index contributed by atoms with van der Waals surface area (Å²) in [5.41, 5.74) is 1.20. The van der Waals surface area contributed by atoms with Crippen molar-refractivity contribution in [3.8, 4) is 11.5 Å². The summed E-state index contributed by atoms with van der Waals surface area (Å²) in [6.07, 6.45) is 0.0890. The number of imide groups is 1. The maximum absolute atomic E-state index is 12.5. The van der Waals surface area contributed by atoms with Gasteiger partial charge in [-0.1, -0.05) is 0 Å². The van der Waals surface area contributed by atoms with E-state index in [9.17, 15) is 14.7 Å². The zero-order valence-corrected chi connectivity index (χ0v) is 12.5. The Hall–Kier alpha value is -3.02. The predicted octanol–water partition coefficient (Wildman–Crippen LogP) is 2.14. The van der Waals surface area contributed by atoms with Gasteiger partial charge in [0.05, 0.1) is 19.2 Å². The molecule has 2 amide bonds. The van der Waals surface area contributed by atoms with Gasteiger partial charge in [0.1, 0.15) is 17.5 Å². The average molecular weight is 312 g/mol. The van der Waals surface area contributed by atoms with E-state index in [0.717, 1.165) is 16.3 Å². The van der Waals surface area contributed by atoms with Gasteiger partial charge in [0.15, 0.2) is 0 Å². The Morgan fingerprint density at radius 3 is 2.35 bits per heavy atom. The lowest BCUT2D eigenvalue weighted by Gasteiger charge is -2.16. The molecular formula is C17H16N2O4. The Kier molecular flexibility index (Phi) is 3.89. The standard InChI is InChI=1S/C17H16N2O4/c1-23-14-8-2-11(3-9-14)18-15-10-16(21)19(17(15)22)12-4-6-13(20)7-5-12/h2-9,15,18,20H,10H2,1H3. The van der Waals surface area contributed by atoms with E-state index in [1.54, 1.807) is 43.5 Å². The van der Waals surface area contributed by atoms with Crippen molar-refractivity contribution in [1.29, 1.82) is 0 Å². The molecular weight excluding hydrogens is 296 g/mol. The van der Waals surface area contributed by atoms with Crippen LogP contribution in [0.4, 0.5) is 11.4 Å². The number of phenols is 1. The normalized spacial score (nSPS) is 17.4. The molecule has 118 valence electrons. The fourth-order valence-corrected chi connectivity index (χ4v) is 2.51. The lowest BCUT2D eigenvalue weighted by atomic mass is 10.2. The minimum Gasteiger partial charge on any atom is -0.508 e. The van der Waals surface area contributed by atoms with E-state index in [-0.39, 0.29) is 24.0 Å². The molecule has 3 rings (SSSR count). The first-order chi connectivity index (χ1) is 11.1. The molecule has 0 aromatic heterocycles. The molecule has 2 aromatic rings. The van der Waals surface area contributed by atoms with Gasteiger partial charge in [0, 0.05) is 5.69 Å². The van der Waals surface area contributed by atoms with Crippen LogP contribution >= 0.6 is 0 Å². The van der Waals surface area contributed by atoms with Crippen LogP contribution in [-0.4, -0.2) is 30.1 Å². The third-order valence-corrected chi connectivity index (χ3v) is 3.69. The highest BCUT2D eigenvalue weighted by molar-refractivity contribution is 6.23. The highest BCUT2D eigenvalue weighted by Crippen LogP contribution is 2.26. The Bertz CT molecular complexity index is 725. The van der Waals surface area contributed by atoms with Crippen molar-refractivity contribution in [3.05, 3.63) is 48.5 Å². The highest BCUT2D eigenvalue weighted by atomic mass is 16.5. The van der Waals surface area contributed by atoms with Gasteiger partial charge in [-0.05, 0) is 48.5 Å². The third-order valence-electron chi connectivity index (χ3n) is 3.69. The van der Waals surface area contributed by atoms with Gasteiger partial charge < -0.3 is 15.2 Å². The molecule has 1 heterocycles. The van der Waals surface area contributed by atoms with Gasteiger partial charge in [-0.25, -0.2) is 4.90 Å². The molecule has 0 radical (unpaired) electrons. The van der Waals surface area contributed by atoms with Gasteiger partial charge in [-0.3, -0.25) is 9.59 Å². The number of amides is 2. The Morgan fingerprint density at radius 2 is 1.74 bits per heavy atom. The van der Waals surface area contributed by atoms with Crippen LogP contribution in [0.2, 0.25) is 0 Å². The lowest BCUT2D eigenvalue weighted by Crippen LogP contribution is -2.34. The van der Waals surface area contributed by atoms with Crippen LogP contribution in [0.3, 0.4) is 0 Å². The zero-order valence-electron chi connectivity index (χ0n) is 12.5. The molecule has 1 atom stereocenters. The number of ether oxygens (including phenoxy) is 1. The number of methoxy groups -OCH3 is 1. The number of carbonyl (C=O) groups excluding carboxylic acids is 2. The molecule has 0 bridgehead atoms. The minimum absolute atomic E-state index is 0.0840. The summed E-state index contributed by atoms with van der Waals surface area (Å²) in [6, 6.07) is 12.5. The maximum Gasteiger partial charge on any atom is 0.256 e. The van der Waals surface area contributed by atoms with Crippen LogP contribution in [0.1, 0.15) is 6.42 Å². The first kappa shape index (κ1) is 14.9. The summed E-state index contributed by atoms with van der Waals surface area (Å²) in [5, 5.41) is 12.4. The smallest absolute Gasteiger partial charge is 0.256 e. The summed E-state index contributed by atoms with van der Waals surface area (Å²) >= 11 is 0. The Balaban J connectivity index is 1.76. The van der Waals surface area contributed by atoms with Crippen LogP contribution < -0.4 is 15.0 Å². The largest absolute Gasteiger partial charge is 0.508 e. The molecule has 6 heteroatoms. The summed E-state index contributed by atoms with van der Waals surface area (Å²) in [6.45, 7) is 0. The van der Waals surface area contributed by atoms with Crippen LogP contribution in [0.15, 0.2) is 48.5 Å². The van der Waals surface area contributed by atoms with Crippen molar-refractivity contribution in [2.45, 2.75) is 12.5 Å². The van der Waals surface area contributed by atoms with Gasteiger partial charge in [0.25, 0.3) is 5.91 Å². The SMILES string of the molecule is COc1ccc(NC2CC(=O)N(c3ccc(O)cc3)C2=O)cc1. The number of phenolic OH excluding ortho intramolecular Hbond substituents is 1. The van der Waals surface area contributed by atoms with Gasteiger partial charge in [0.2, 0.25) is 5.91 Å². The van der Waals surface area contributed by atoms with E-state index in [1.165, 1.54) is 12.1 Å². The topological polar surface area (TPSA) is 78.9 Å². The fourth-order valence-electron chi connectivity index (χ4n) is 2.51.